The SMILES string of the molecule is COC(C)(CN)C1CS(=O)(=O)C1. The van der Waals surface area contributed by atoms with E-state index in [9.17, 15) is 8.42 Å². The molecule has 1 aliphatic rings. The third-order valence-corrected chi connectivity index (χ3v) is 4.47. The van der Waals surface area contributed by atoms with Crippen LogP contribution in [-0.2, 0) is 14.6 Å². The zero-order chi connectivity index (χ0) is 9.41. The van der Waals surface area contributed by atoms with Gasteiger partial charge >= 0.3 is 0 Å². The predicted octanol–water partition coefficient (Wildman–Crippen LogP) is -0.605. The molecule has 12 heavy (non-hydrogen) atoms. The first-order chi connectivity index (χ1) is 5.43. The van der Waals surface area contributed by atoms with Crippen molar-refractivity contribution in [2.45, 2.75) is 12.5 Å². The fraction of sp³-hybridized carbons (Fsp3) is 1.00. The van der Waals surface area contributed by atoms with E-state index in [2.05, 4.69) is 0 Å². The lowest BCUT2D eigenvalue weighted by molar-refractivity contribution is -0.0262. The molecular weight excluding hydrogens is 178 g/mol. The van der Waals surface area contributed by atoms with Crippen molar-refractivity contribution in [2.75, 3.05) is 25.2 Å². The van der Waals surface area contributed by atoms with Gasteiger partial charge in [0.05, 0.1) is 17.1 Å². The molecule has 1 fully saturated rings. The summed E-state index contributed by atoms with van der Waals surface area (Å²) in [4.78, 5) is 0. The number of ether oxygens (including phenoxy) is 1. The monoisotopic (exact) mass is 193 g/mol. The lowest BCUT2D eigenvalue weighted by Gasteiger charge is -2.40. The zero-order valence-corrected chi connectivity index (χ0v) is 8.23. The number of sulfone groups is 1. The van der Waals surface area contributed by atoms with Gasteiger partial charge in [0, 0.05) is 19.6 Å². The van der Waals surface area contributed by atoms with Crippen molar-refractivity contribution < 1.29 is 13.2 Å². The molecule has 0 aromatic rings. The highest BCUT2D eigenvalue weighted by molar-refractivity contribution is 7.92. The van der Waals surface area contributed by atoms with Crippen LogP contribution in [0.2, 0.25) is 0 Å². The number of hydrogen-bond acceptors (Lipinski definition) is 4. The fourth-order valence-corrected chi connectivity index (χ4v) is 3.17. The van der Waals surface area contributed by atoms with Crippen LogP contribution in [0.1, 0.15) is 6.92 Å². The smallest absolute Gasteiger partial charge is 0.151 e. The second-order valence-corrected chi connectivity index (χ2v) is 5.65. The molecule has 0 amide bonds. The predicted molar refractivity (Wildman–Crippen MR) is 46.6 cm³/mol. The number of nitrogens with two attached hydrogens (primary N) is 1. The summed E-state index contributed by atoms with van der Waals surface area (Å²) in [6.07, 6.45) is 0. The molecular formula is C7H15NO3S. The molecule has 1 rings (SSSR count). The maximum absolute atomic E-state index is 10.9. The van der Waals surface area contributed by atoms with Crippen LogP contribution in [0.3, 0.4) is 0 Å². The van der Waals surface area contributed by atoms with E-state index >= 15 is 0 Å². The fourth-order valence-electron chi connectivity index (χ4n) is 1.33. The maximum atomic E-state index is 10.9. The molecule has 0 radical (unpaired) electrons. The summed E-state index contributed by atoms with van der Waals surface area (Å²) < 4.78 is 27.0. The Labute approximate surface area is 73.0 Å². The molecule has 1 unspecified atom stereocenters. The molecule has 0 aromatic carbocycles. The van der Waals surface area contributed by atoms with Crippen molar-refractivity contribution >= 4 is 9.84 Å². The molecule has 1 aliphatic heterocycles. The molecule has 5 heteroatoms. The Hall–Kier alpha value is -0.130. The number of rotatable bonds is 3. The molecule has 0 aliphatic carbocycles. The van der Waals surface area contributed by atoms with E-state index in [0.29, 0.717) is 6.54 Å². The van der Waals surface area contributed by atoms with Gasteiger partial charge in [0.25, 0.3) is 0 Å². The molecule has 1 saturated heterocycles. The van der Waals surface area contributed by atoms with Crippen molar-refractivity contribution in [3.05, 3.63) is 0 Å². The third-order valence-electron chi connectivity index (χ3n) is 2.65. The van der Waals surface area contributed by atoms with Crippen molar-refractivity contribution in [2.24, 2.45) is 11.7 Å². The summed E-state index contributed by atoms with van der Waals surface area (Å²) in [6.45, 7) is 2.22. The van der Waals surface area contributed by atoms with Gasteiger partial charge in [-0.05, 0) is 6.92 Å². The summed E-state index contributed by atoms with van der Waals surface area (Å²) in [6, 6.07) is 0. The van der Waals surface area contributed by atoms with Gasteiger partial charge in [-0.2, -0.15) is 0 Å². The van der Waals surface area contributed by atoms with Crippen LogP contribution in [0, 0.1) is 5.92 Å². The molecule has 0 bridgehead atoms. The quantitative estimate of drug-likeness (QED) is 0.649. The first kappa shape index (κ1) is 9.95. The van der Waals surface area contributed by atoms with Crippen LogP contribution in [-0.4, -0.2) is 39.2 Å². The molecule has 72 valence electrons. The molecule has 1 heterocycles. The second-order valence-electron chi connectivity index (χ2n) is 3.49. The lowest BCUT2D eigenvalue weighted by atomic mass is 9.91. The van der Waals surface area contributed by atoms with Crippen LogP contribution in [0.15, 0.2) is 0 Å². The van der Waals surface area contributed by atoms with E-state index in [4.69, 9.17) is 10.5 Å². The van der Waals surface area contributed by atoms with Crippen LogP contribution in [0.4, 0.5) is 0 Å². The minimum atomic E-state index is -2.77. The lowest BCUT2D eigenvalue weighted by Crippen LogP contribution is -2.55. The third kappa shape index (κ3) is 1.62. The van der Waals surface area contributed by atoms with Crippen molar-refractivity contribution in [3.63, 3.8) is 0 Å². The van der Waals surface area contributed by atoms with Gasteiger partial charge in [-0.15, -0.1) is 0 Å². The highest BCUT2D eigenvalue weighted by Crippen LogP contribution is 2.30. The van der Waals surface area contributed by atoms with E-state index in [1.807, 2.05) is 6.92 Å². The summed E-state index contributed by atoms with van der Waals surface area (Å²) in [5.74, 6) is 0.501. The van der Waals surface area contributed by atoms with E-state index in [1.54, 1.807) is 7.11 Å². The molecule has 4 nitrogen and oxygen atoms in total. The molecule has 0 saturated carbocycles. The summed E-state index contributed by atoms with van der Waals surface area (Å²) in [7, 11) is -1.20. The minimum Gasteiger partial charge on any atom is -0.377 e. The molecule has 1 atom stereocenters. The summed E-state index contributed by atoms with van der Waals surface area (Å²) >= 11 is 0. The minimum absolute atomic E-state index is 0.0671. The Morgan fingerprint density at radius 2 is 2.08 bits per heavy atom. The largest absolute Gasteiger partial charge is 0.377 e. The highest BCUT2D eigenvalue weighted by atomic mass is 32.2. The maximum Gasteiger partial charge on any atom is 0.151 e. The van der Waals surface area contributed by atoms with E-state index in [1.165, 1.54) is 0 Å². The Kier molecular flexibility index (Phi) is 2.47. The van der Waals surface area contributed by atoms with Crippen LogP contribution in [0.5, 0.6) is 0 Å². The van der Waals surface area contributed by atoms with E-state index in [0.717, 1.165) is 0 Å². The average Bonchev–Trinajstić information content (AvgIpc) is 1.99. The van der Waals surface area contributed by atoms with Gasteiger partial charge in [0.1, 0.15) is 0 Å². The average molecular weight is 193 g/mol. The summed E-state index contributed by atoms with van der Waals surface area (Å²) in [5, 5.41) is 0. The second kappa shape index (κ2) is 2.97. The first-order valence-electron chi connectivity index (χ1n) is 3.89. The van der Waals surface area contributed by atoms with E-state index in [-0.39, 0.29) is 17.4 Å². The van der Waals surface area contributed by atoms with Crippen LogP contribution >= 0.6 is 0 Å². The van der Waals surface area contributed by atoms with Crippen molar-refractivity contribution in [1.82, 2.24) is 0 Å². The van der Waals surface area contributed by atoms with E-state index < -0.39 is 15.4 Å². The van der Waals surface area contributed by atoms with Gasteiger partial charge in [-0.1, -0.05) is 0 Å². The van der Waals surface area contributed by atoms with Gasteiger partial charge in [0.2, 0.25) is 0 Å². The zero-order valence-electron chi connectivity index (χ0n) is 7.41. The van der Waals surface area contributed by atoms with Crippen LogP contribution in [0.25, 0.3) is 0 Å². The number of methoxy groups -OCH3 is 1. The van der Waals surface area contributed by atoms with Crippen molar-refractivity contribution in [1.29, 1.82) is 0 Å². The van der Waals surface area contributed by atoms with Gasteiger partial charge in [-0.25, -0.2) is 8.42 Å². The standard InChI is InChI=1S/C7H15NO3S/c1-7(5-8,11-2)6-3-12(9,10)4-6/h6H,3-5,8H2,1-2H3. The number of hydrogen-bond donors (Lipinski definition) is 1. The topological polar surface area (TPSA) is 69.4 Å². The summed E-state index contributed by atoms with van der Waals surface area (Å²) in [5.41, 5.74) is 5.03. The Morgan fingerprint density at radius 1 is 1.58 bits per heavy atom. The molecule has 0 spiro atoms. The normalized spacial score (nSPS) is 27.6. The van der Waals surface area contributed by atoms with Gasteiger partial charge in [0.15, 0.2) is 9.84 Å². The molecule has 0 aromatic heterocycles. The van der Waals surface area contributed by atoms with Crippen LogP contribution < -0.4 is 5.73 Å². The van der Waals surface area contributed by atoms with Gasteiger partial charge in [-0.3, -0.25) is 0 Å². The Bertz CT molecular complexity index is 244. The van der Waals surface area contributed by atoms with Gasteiger partial charge < -0.3 is 10.5 Å². The Morgan fingerprint density at radius 3 is 2.33 bits per heavy atom. The highest BCUT2D eigenvalue weighted by Gasteiger charge is 2.45. The first-order valence-corrected chi connectivity index (χ1v) is 5.71. The molecule has 2 N–H and O–H groups in total. The Balaban J connectivity index is 2.61. The van der Waals surface area contributed by atoms with Crippen molar-refractivity contribution in [3.8, 4) is 0 Å².